The second-order valence-corrected chi connectivity index (χ2v) is 4.83. The molecule has 0 radical (unpaired) electrons. The molecule has 0 aliphatic carbocycles. The van der Waals surface area contributed by atoms with Gasteiger partial charge in [0.2, 0.25) is 0 Å². The zero-order chi connectivity index (χ0) is 13.1. The van der Waals surface area contributed by atoms with Crippen molar-refractivity contribution in [3.63, 3.8) is 0 Å². The molecular formula is C12H14BrN3O2. The lowest BCUT2D eigenvalue weighted by molar-refractivity contribution is 0.178. The van der Waals surface area contributed by atoms with E-state index in [-0.39, 0.29) is 0 Å². The highest BCUT2D eigenvalue weighted by molar-refractivity contribution is 9.10. The van der Waals surface area contributed by atoms with Crippen LogP contribution in [0.5, 0.6) is 5.75 Å². The number of hydrogen-bond acceptors (Lipinski definition) is 4. The molecule has 96 valence electrons. The Balaban J connectivity index is 2.23. The molecule has 1 atom stereocenters. The number of aromatic nitrogens is 2. The molecule has 0 aliphatic heterocycles. The zero-order valence-electron chi connectivity index (χ0n) is 9.85. The maximum absolute atomic E-state index is 10.1. The van der Waals surface area contributed by atoms with Gasteiger partial charge in [-0.2, -0.15) is 5.10 Å². The number of nitrogens with two attached hydrogens (primary N) is 1. The van der Waals surface area contributed by atoms with Crippen molar-refractivity contribution in [2.45, 2.75) is 12.5 Å². The third-order valence-corrected chi connectivity index (χ3v) is 3.21. The summed E-state index contributed by atoms with van der Waals surface area (Å²) in [5.74, 6) is 1.12. The number of nitrogens with zero attached hydrogens (tertiary/aromatic N) is 1. The summed E-state index contributed by atoms with van der Waals surface area (Å²) in [4.78, 5) is 0. The number of halogens is 1. The van der Waals surface area contributed by atoms with Gasteiger partial charge in [0.25, 0.3) is 0 Å². The molecule has 1 aromatic heterocycles. The van der Waals surface area contributed by atoms with Gasteiger partial charge >= 0.3 is 0 Å². The Morgan fingerprint density at radius 3 is 2.94 bits per heavy atom. The Labute approximate surface area is 113 Å². The van der Waals surface area contributed by atoms with Crippen molar-refractivity contribution in [2.24, 2.45) is 0 Å². The summed E-state index contributed by atoms with van der Waals surface area (Å²) >= 11 is 3.40. The third-order valence-electron chi connectivity index (χ3n) is 2.71. The van der Waals surface area contributed by atoms with Crippen LogP contribution in [0.1, 0.15) is 17.2 Å². The first-order chi connectivity index (χ1) is 8.61. The minimum Gasteiger partial charge on any atom is -0.496 e. The fraction of sp³-hybridized carbons (Fsp3) is 0.250. The Kier molecular flexibility index (Phi) is 3.88. The number of nitrogens with one attached hydrogen (secondary N) is 1. The van der Waals surface area contributed by atoms with Crippen LogP contribution in [-0.2, 0) is 6.42 Å². The number of ether oxygens (including phenoxy) is 1. The summed E-state index contributed by atoms with van der Waals surface area (Å²) in [6, 6.07) is 5.66. The number of benzene rings is 1. The smallest absolute Gasteiger partial charge is 0.124 e. The summed E-state index contributed by atoms with van der Waals surface area (Å²) < 4.78 is 6.20. The number of methoxy groups -OCH3 is 1. The summed E-state index contributed by atoms with van der Waals surface area (Å²) in [5, 5.41) is 16.5. The molecule has 1 aromatic carbocycles. The highest BCUT2D eigenvalue weighted by atomic mass is 79.9. The molecule has 5 nitrogen and oxygen atoms in total. The number of aliphatic hydroxyl groups is 1. The molecule has 0 saturated heterocycles. The maximum atomic E-state index is 10.1. The number of anilines is 1. The number of aromatic amines is 1. The molecule has 0 fully saturated rings. The summed E-state index contributed by atoms with van der Waals surface area (Å²) in [5.41, 5.74) is 7.17. The van der Waals surface area contributed by atoms with E-state index in [1.54, 1.807) is 7.11 Å². The molecule has 0 spiro atoms. The first-order valence-electron chi connectivity index (χ1n) is 5.41. The molecule has 0 saturated carbocycles. The monoisotopic (exact) mass is 311 g/mol. The highest BCUT2D eigenvalue weighted by Gasteiger charge is 2.16. The largest absolute Gasteiger partial charge is 0.496 e. The van der Waals surface area contributed by atoms with E-state index in [0.717, 1.165) is 15.8 Å². The predicted molar refractivity (Wildman–Crippen MR) is 72.4 cm³/mol. The van der Waals surface area contributed by atoms with Gasteiger partial charge in [-0.25, -0.2) is 0 Å². The van der Waals surface area contributed by atoms with Gasteiger partial charge in [0, 0.05) is 16.5 Å². The number of aliphatic hydroxyl groups excluding tert-OH is 1. The first kappa shape index (κ1) is 12.9. The SMILES string of the molecule is COc1ccc(Br)cc1CC(O)c1cn[nH]c1N. The normalized spacial score (nSPS) is 12.4. The van der Waals surface area contributed by atoms with Gasteiger partial charge in [-0.1, -0.05) is 15.9 Å². The van der Waals surface area contributed by atoms with Crippen LogP contribution in [0, 0.1) is 0 Å². The minimum absolute atomic E-state index is 0.386. The number of H-pyrrole nitrogens is 1. The van der Waals surface area contributed by atoms with Crippen molar-refractivity contribution in [3.05, 3.63) is 40.0 Å². The van der Waals surface area contributed by atoms with Crippen LogP contribution < -0.4 is 10.5 Å². The van der Waals surface area contributed by atoms with Gasteiger partial charge in [-0.3, -0.25) is 5.10 Å². The van der Waals surface area contributed by atoms with Gasteiger partial charge in [-0.15, -0.1) is 0 Å². The van der Waals surface area contributed by atoms with Gasteiger partial charge < -0.3 is 15.6 Å². The van der Waals surface area contributed by atoms with Gasteiger partial charge in [0.15, 0.2) is 0 Å². The molecule has 6 heteroatoms. The summed E-state index contributed by atoms with van der Waals surface area (Å²) in [6.07, 6.45) is 1.23. The number of hydrogen-bond donors (Lipinski definition) is 3. The predicted octanol–water partition coefficient (Wildman–Crippen LogP) is 2.04. The van der Waals surface area contributed by atoms with Crippen molar-refractivity contribution >= 4 is 21.7 Å². The van der Waals surface area contributed by atoms with Crippen LogP contribution in [0.3, 0.4) is 0 Å². The molecule has 0 amide bonds. The van der Waals surface area contributed by atoms with Crippen molar-refractivity contribution in [1.29, 1.82) is 0 Å². The Hall–Kier alpha value is -1.53. The molecule has 0 aliphatic rings. The van der Waals surface area contributed by atoms with Gasteiger partial charge in [0.05, 0.1) is 19.4 Å². The second kappa shape index (κ2) is 5.41. The Morgan fingerprint density at radius 2 is 2.33 bits per heavy atom. The van der Waals surface area contributed by atoms with E-state index in [4.69, 9.17) is 10.5 Å². The van der Waals surface area contributed by atoms with E-state index in [2.05, 4.69) is 26.1 Å². The van der Waals surface area contributed by atoms with Gasteiger partial charge in [-0.05, 0) is 23.8 Å². The summed E-state index contributed by atoms with van der Waals surface area (Å²) in [6.45, 7) is 0. The van der Waals surface area contributed by atoms with E-state index in [9.17, 15) is 5.11 Å². The molecule has 2 aromatic rings. The average molecular weight is 312 g/mol. The Morgan fingerprint density at radius 1 is 1.56 bits per heavy atom. The summed E-state index contributed by atoms with van der Waals surface area (Å²) in [7, 11) is 1.60. The molecule has 0 bridgehead atoms. The van der Waals surface area contributed by atoms with Crippen LogP contribution >= 0.6 is 15.9 Å². The van der Waals surface area contributed by atoms with Gasteiger partial charge in [0.1, 0.15) is 11.6 Å². The van der Waals surface area contributed by atoms with E-state index in [0.29, 0.717) is 17.8 Å². The molecular weight excluding hydrogens is 298 g/mol. The van der Waals surface area contributed by atoms with E-state index in [1.165, 1.54) is 6.20 Å². The topological polar surface area (TPSA) is 84.2 Å². The lowest BCUT2D eigenvalue weighted by atomic mass is 10.0. The van der Waals surface area contributed by atoms with E-state index < -0.39 is 6.10 Å². The fourth-order valence-electron chi connectivity index (χ4n) is 1.80. The van der Waals surface area contributed by atoms with Crippen LogP contribution in [0.4, 0.5) is 5.82 Å². The zero-order valence-corrected chi connectivity index (χ0v) is 11.4. The van der Waals surface area contributed by atoms with Crippen molar-refractivity contribution in [1.82, 2.24) is 10.2 Å². The fourth-order valence-corrected chi connectivity index (χ4v) is 2.20. The standard InChI is InChI=1S/C12H14BrN3O2/c1-18-11-3-2-8(13)4-7(11)5-10(17)9-6-15-16-12(9)14/h2-4,6,10,17H,5H2,1H3,(H3,14,15,16). The molecule has 1 heterocycles. The number of rotatable bonds is 4. The molecule has 1 unspecified atom stereocenters. The van der Waals surface area contributed by atoms with Crippen molar-refractivity contribution < 1.29 is 9.84 Å². The van der Waals surface area contributed by atoms with Crippen molar-refractivity contribution in [2.75, 3.05) is 12.8 Å². The van der Waals surface area contributed by atoms with Crippen molar-refractivity contribution in [3.8, 4) is 5.75 Å². The lowest BCUT2D eigenvalue weighted by Gasteiger charge is -2.13. The van der Waals surface area contributed by atoms with E-state index >= 15 is 0 Å². The van der Waals surface area contributed by atoms with E-state index in [1.807, 2.05) is 18.2 Å². The molecule has 4 N–H and O–H groups in total. The van der Waals surface area contributed by atoms with Crippen LogP contribution in [-0.4, -0.2) is 22.4 Å². The highest BCUT2D eigenvalue weighted by Crippen LogP contribution is 2.29. The van der Waals surface area contributed by atoms with Crippen LogP contribution in [0.2, 0.25) is 0 Å². The maximum Gasteiger partial charge on any atom is 0.124 e. The Bertz CT molecular complexity index is 542. The first-order valence-corrected chi connectivity index (χ1v) is 6.20. The third kappa shape index (κ3) is 2.65. The minimum atomic E-state index is -0.716. The van der Waals surface area contributed by atoms with Crippen LogP contribution in [0.25, 0.3) is 0 Å². The molecule has 18 heavy (non-hydrogen) atoms. The molecule has 2 rings (SSSR count). The average Bonchev–Trinajstić information content (AvgIpc) is 2.76. The number of nitrogen functional groups attached to an aromatic ring is 1. The quantitative estimate of drug-likeness (QED) is 0.806. The lowest BCUT2D eigenvalue weighted by Crippen LogP contribution is -2.05. The van der Waals surface area contributed by atoms with Crippen LogP contribution in [0.15, 0.2) is 28.9 Å². The second-order valence-electron chi connectivity index (χ2n) is 3.92.